The highest BCUT2D eigenvalue weighted by molar-refractivity contribution is 7.92. The predicted molar refractivity (Wildman–Crippen MR) is 129 cm³/mol. The molecule has 0 saturated carbocycles. The Morgan fingerprint density at radius 2 is 1.44 bits per heavy atom. The molecule has 1 N–H and O–H groups in total. The van der Waals surface area contributed by atoms with Gasteiger partial charge >= 0.3 is 0 Å². The third kappa shape index (κ3) is 5.37. The number of sulfonamides is 1. The van der Waals surface area contributed by atoms with Gasteiger partial charge in [-0.1, -0.05) is 72.6 Å². The molecule has 3 aromatic carbocycles. The summed E-state index contributed by atoms with van der Waals surface area (Å²) in [5.41, 5.74) is 4.38. The Balaban J connectivity index is 1.92. The van der Waals surface area contributed by atoms with Crippen molar-refractivity contribution in [1.29, 1.82) is 0 Å². The number of amides is 1. The predicted octanol–water partition coefficient (Wildman–Crippen LogP) is 5.07. The molecule has 0 spiro atoms. The maximum absolute atomic E-state index is 13.5. The van der Waals surface area contributed by atoms with Crippen molar-refractivity contribution in [3.8, 4) is 0 Å². The van der Waals surface area contributed by atoms with Crippen molar-refractivity contribution in [2.45, 2.75) is 45.1 Å². The lowest BCUT2D eigenvalue weighted by atomic mass is 10.0. The van der Waals surface area contributed by atoms with E-state index < -0.39 is 10.0 Å². The molecule has 0 heterocycles. The van der Waals surface area contributed by atoms with E-state index in [0.29, 0.717) is 12.1 Å². The van der Waals surface area contributed by atoms with Gasteiger partial charge in [0.2, 0.25) is 5.91 Å². The summed E-state index contributed by atoms with van der Waals surface area (Å²) in [7, 11) is -3.93. The highest BCUT2D eigenvalue weighted by atomic mass is 32.2. The van der Waals surface area contributed by atoms with Gasteiger partial charge in [0.25, 0.3) is 10.0 Å². The van der Waals surface area contributed by atoms with Gasteiger partial charge in [-0.25, -0.2) is 8.42 Å². The van der Waals surface area contributed by atoms with E-state index in [9.17, 15) is 13.2 Å². The largest absolute Gasteiger partial charge is 0.348 e. The van der Waals surface area contributed by atoms with Crippen LogP contribution in [0.5, 0.6) is 0 Å². The SMILES string of the molecule is CC[C@H](NC(=O)CN(c1ccccc1C)S(=O)(=O)c1ccc(C)cc1)c1ccc(C)cc1. The molecule has 0 aliphatic heterocycles. The van der Waals surface area contributed by atoms with Gasteiger partial charge in [0.1, 0.15) is 6.54 Å². The number of aryl methyl sites for hydroxylation is 3. The molecule has 6 heteroatoms. The van der Waals surface area contributed by atoms with Crippen LogP contribution >= 0.6 is 0 Å². The summed E-state index contributed by atoms with van der Waals surface area (Å²) < 4.78 is 28.3. The van der Waals surface area contributed by atoms with Crippen molar-refractivity contribution in [3.63, 3.8) is 0 Å². The van der Waals surface area contributed by atoms with Gasteiger partial charge < -0.3 is 5.32 Å². The van der Waals surface area contributed by atoms with E-state index in [1.807, 2.05) is 64.1 Å². The molecule has 0 aliphatic rings. The fourth-order valence-corrected chi connectivity index (χ4v) is 5.06. The zero-order valence-electron chi connectivity index (χ0n) is 19.0. The van der Waals surface area contributed by atoms with Crippen LogP contribution in [0.1, 0.15) is 41.6 Å². The minimum Gasteiger partial charge on any atom is -0.348 e. The highest BCUT2D eigenvalue weighted by Gasteiger charge is 2.28. The first-order valence-corrected chi connectivity index (χ1v) is 12.2. The first kappa shape index (κ1) is 23.5. The first-order valence-electron chi connectivity index (χ1n) is 10.7. The topological polar surface area (TPSA) is 66.5 Å². The second kappa shape index (κ2) is 10.0. The molecule has 1 amide bonds. The first-order chi connectivity index (χ1) is 15.2. The summed E-state index contributed by atoms with van der Waals surface area (Å²) in [5.74, 6) is -0.351. The van der Waals surface area contributed by atoms with Gasteiger partial charge in [-0.15, -0.1) is 0 Å². The van der Waals surface area contributed by atoms with E-state index >= 15 is 0 Å². The Morgan fingerprint density at radius 1 is 0.875 bits per heavy atom. The smallest absolute Gasteiger partial charge is 0.264 e. The van der Waals surface area contributed by atoms with Crippen molar-refractivity contribution in [1.82, 2.24) is 5.32 Å². The second-order valence-corrected chi connectivity index (χ2v) is 9.91. The lowest BCUT2D eigenvalue weighted by Crippen LogP contribution is -2.42. The molecule has 32 heavy (non-hydrogen) atoms. The molecular weight excluding hydrogens is 420 g/mol. The number of hydrogen-bond donors (Lipinski definition) is 1. The van der Waals surface area contributed by atoms with E-state index in [1.165, 1.54) is 4.31 Å². The van der Waals surface area contributed by atoms with Crippen molar-refractivity contribution in [3.05, 3.63) is 95.1 Å². The summed E-state index contributed by atoms with van der Waals surface area (Å²) >= 11 is 0. The lowest BCUT2D eigenvalue weighted by Gasteiger charge is -2.27. The summed E-state index contributed by atoms with van der Waals surface area (Å²) in [6.07, 6.45) is 0.698. The fraction of sp³-hybridized carbons (Fsp3) is 0.269. The third-order valence-electron chi connectivity index (χ3n) is 5.50. The zero-order chi connectivity index (χ0) is 23.3. The monoisotopic (exact) mass is 450 g/mol. The minimum atomic E-state index is -3.93. The van der Waals surface area contributed by atoms with Crippen molar-refractivity contribution in [2.24, 2.45) is 0 Å². The Morgan fingerprint density at radius 3 is 2.00 bits per heavy atom. The quantitative estimate of drug-likeness (QED) is 0.521. The molecule has 3 rings (SSSR count). The molecule has 0 radical (unpaired) electrons. The fourth-order valence-electron chi connectivity index (χ4n) is 3.57. The zero-order valence-corrected chi connectivity index (χ0v) is 19.8. The standard InChI is InChI=1S/C26H30N2O3S/c1-5-24(22-14-10-19(2)11-15-22)27-26(29)18-28(25-9-7-6-8-21(25)4)32(30,31)23-16-12-20(3)13-17-23/h6-17,24H,5,18H2,1-4H3,(H,27,29)/t24-/m0/s1. The molecule has 0 aromatic heterocycles. The average Bonchev–Trinajstić information content (AvgIpc) is 2.77. The van der Waals surface area contributed by atoms with Crippen LogP contribution in [0.15, 0.2) is 77.7 Å². The van der Waals surface area contributed by atoms with Crippen LogP contribution in [0.4, 0.5) is 5.69 Å². The van der Waals surface area contributed by atoms with Crippen LogP contribution in [-0.4, -0.2) is 20.9 Å². The maximum Gasteiger partial charge on any atom is 0.264 e. The van der Waals surface area contributed by atoms with Crippen molar-refractivity contribution >= 4 is 21.6 Å². The molecule has 0 saturated heterocycles. The van der Waals surface area contributed by atoms with Gasteiger partial charge in [0.05, 0.1) is 16.6 Å². The van der Waals surface area contributed by atoms with Gasteiger partial charge in [0.15, 0.2) is 0 Å². The summed E-state index contributed by atoms with van der Waals surface area (Å²) in [4.78, 5) is 13.2. The molecule has 3 aromatic rings. The van der Waals surface area contributed by atoms with Gasteiger partial charge in [0, 0.05) is 0 Å². The van der Waals surface area contributed by atoms with Gasteiger partial charge in [-0.3, -0.25) is 9.10 Å². The Bertz CT molecular complexity index is 1170. The summed E-state index contributed by atoms with van der Waals surface area (Å²) in [5, 5.41) is 3.01. The normalized spacial score (nSPS) is 12.2. The molecule has 0 fully saturated rings. The molecule has 168 valence electrons. The number of nitrogens with one attached hydrogen (secondary N) is 1. The van der Waals surface area contributed by atoms with Crippen LogP contribution in [0.2, 0.25) is 0 Å². The molecule has 0 unspecified atom stereocenters. The number of carbonyl (C=O) groups is 1. The Hall–Kier alpha value is -3.12. The van der Waals surface area contributed by atoms with Crippen LogP contribution in [0, 0.1) is 20.8 Å². The van der Waals surface area contributed by atoms with Crippen LogP contribution in [0.25, 0.3) is 0 Å². The number of rotatable bonds is 8. The maximum atomic E-state index is 13.5. The van der Waals surface area contributed by atoms with E-state index in [2.05, 4.69) is 5.32 Å². The Labute approximate surface area is 191 Å². The molecule has 0 aliphatic carbocycles. The second-order valence-electron chi connectivity index (χ2n) is 8.05. The Kier molecular flexibility index (Phi) is 7.36. The number of anilines is 1. The van der Waals surface area contributed by atoms with Gasteiger partial charge in [-0.2, -0.15) is 0 Å². The molecule has 0 bridgehead atoms. The van der Waals surface area contributed by atoms with Crippen molar-refractivity contribution in [2.75, 3.05) is 10.8 Å². The van der Waals surface area contributed by atoms with E-state index in [0.717, 1.165) is 22.3 Å². The molecule has 1 atom stereocenters. The highest BCUT2D eigenvalue weighted by Crippen LogP contribution is 2.27. The van der Waals surface area contributed by atoms with Crippen LogP contribution in [-0.2, 0) is 14.8 Å². The number of benzene rings is 3. The van der Waals surface area contributed by atoms with E-state index in [4.69, 9.17) is 0 Å². The number of carbonyl (C=O) groups excluding carboxylic acids is 1. The van der Waals surface area contributed by atoms with Crippen molar-refractivity contribution < 1.29 is 13.2 Å². The summed E-state index contributed by atoms with van der Waals surface area (Å²) in [6, 6.07) is 21.7. The number of hydrogen-bond acceptors (Lipinski definition) is 3. The molecular formula is C26H30N2O3S. The van der Waals surface area contributed by atoms with Crippen LogP contribution < -0.4 is 9.62 Å². The minimum absolute atomic E-state index is 0.157. The molecule has 5 nitrogen and oxygen atoms in total. The van der Waals surface area contributed by atoms with Crippen LogP contribution in [0.3, 0.4) is 0 Å². The number of para-hydroxylation sites is 1. The third-order valence-corrected chi connectivity index (χ3v) is 7.28. The van der Waals surface area contributed by atoms with Gasteiger partial charge in [-0.05, 0) is 56.5 Å². The average molecular weight is 451 g/mol. The summed E-state index contributed by atoms with van der Waals surface area (Å²) in [6.45, 7) is 7.45. The lowest BCUT2D eigenvalue weighted by molar-refractivity contribution is -0.120. The van der Waals surface area contributed by atoms with E-state index in [1.54, 1.807) is 36.4 Å². The van der Waals surface area contributed by atoms with E-state index in [-0.39, 0.29) is 23.4 Å². The number of nitrogens with zero attached hydrogens (tertiary/aromatic N) is 1.